The van der Waals surface area contributed by atoms with E-state index in [9.17, 15) is 13.2 Å². The van der Waals surface area contributed by atoms with Crippen molar-refractivity contribution in [2.45, 2.75) is 18.7 Å². The fraction of sp³-hybridized carbons (Fsp3) is 0.250. The second kappa shape index (κ2) is 7.05. The summed E-state index contributed by atoms with van der Waals surface area (Å²) in [6.07, 6.45) is 0.544. The standard InChI is InChI=1S/C20H20N2O3S2/c23-20(12-26)21-15-7-5-14(6-8-15)11-22-18-4-2-1-3-16(18)17-13-27(24,25)10-9-19(17)22/h1-8,26H,9-13H2,(H,21,23). The van der Waals surface area contributed by atoms with Gasteiger partial charge in [0.05, 0.1) is 17.3 Å². The predicted octanol–water partition coefficient (Wildman–Crippen LogP) is 3.03. The molecule has 0 spiro atoms. The van der Waals surface area contributed by atoms with E-state index in [4.69, 9.17) is 0 Å². The number of anilines is 1. The highest BCUT2D eigenvalue weighted by Gasteiger charge is 2.27. The van der Waals surface area contributed by atoms with Crippen LogP contribution in [0.25, 0.3) is 10.9 Å². The van der Waals surface area contributed by atoms with Crippen molar-refractivity contribution in [3.05, 3.63) is 65.4 Å². The van der Waals surface area contributed by atoms with Crippen LogP contribution in [0.5, 0.6) is 0 Å². The molecule has 1 N–H and O–H groups in total. The summed E-state index contributed by atoms with van der Waals surface area (Å²) >= 11 is 3.96. The second-order valence-electron chi connectivity index (χ2n) is 6.77. The summed E-state index contributed by atoms with van der Waals surface area (Å²) in [6.45, 7) is 0.663. The van der Waals surface area contributed by atoms with Gasteiger partial charge < -0.3 is 9.88 Å². The van der Waals surface area contributed by atoms with E-state index in [-0.39, 0.29) is 23.2 Å². The smallest absolute Gasteiger partial charge is 0.234 e. The van der Waals surface area contributed by atoms with Gasteiger partial charge in [-0.05, 0) is 29.3 Å². The molecule has 1 aliphatic rings. The summed E-state index contributed by atoms with van der Waals surface area (Å²) in [6, 6.07) is 15.7. The Labute approximate surface area is 163 Å². The van der Waals surface area contributed by atoms with Crippen LogP contribution in [0.2, 0.25) is 0 Å². The Balaban J connectivity index is 1.70. The molecule has 27 heavy (non-hydrogen) atoms. The molecule has 0 fully saturated rings. The SMILES string of the molecule is O=C(CS)Nc1ccc(Cn2c3c(c4ccccc42)CS(=O)(=O)CC3)cc1. The lowest BCUT2D eigenvalue weighted by Gasteiger charge is -2.17. The Hall–Kier alpha value is -2.25. The highest BCUT2D eigenvalue weighted by atomic mass is 32.2. The first kappa shape index (κ1) is 18.1. The first-order chi connectivity index (χ1) is 13.0. The molecule has 5 nitrogen and oxygen atoms in total. The van der Waals surface area contributed by atoms with E-state index in [2.05, 4.69) is 22.5 Å². The molecule has 0 saturated heterocycles. The number of hydrogen-bond donors (Lipinski definition) is 2. The Bertz CT molecular complexity index is 1120. The van der Waals surface area contributed by atoms with E-state index < -0.39 is 9.84 Å². The summed E-state index contributed by atoms with van der Waals surface area (Å²) in [7, 11) is -3.03. The first-order valence-corrected chi connectivity index (χ1v) is 11.2. The lowest BCUT2D eigenvalue weighted by molar-refractivity contribution is -0.113. The van der Waals surface area contributed by atoms with Crippen molar-refractivity contribution in [2.75, 3.05) is 16.8 Å². The quantitative estimate of drug-likeness (QED) is 0.662. The number of hydrogen-bond acceptors (Lipinski definition) is 4. The van der Waals surface area contributed by atoms with Crippen LogP contribution in [-0.2, 0) is 33.4 Å². The number of sulfone groups is 1. The van der Waals surface area contributed by atoms with E-state index in [0.29, 0.717) is 13.0 Å². The van der Waals surface area contributed by atoms with Crippen molar-refractivity contribution in [1.29, 1.82) is 0 Å². The molecule has 0 aliphatic carbocycles. The Morgan fingerprint density at radius 3 is 2.59 bits per heavy atom. The van der Waals surface area contributed by atoms with Gasteiger partial charge in [-0.2, -0.15) is 12.6 Å². The van der Waals surface area contributed by atoms with Gasteiger partial charge in [0.25, 0.3) is 0 Å². The minimum atomic E-state index is -3.03. The number of aromatic nitrogens is 1. The number of rotatable bonds is 4. The zero-order valence-electron chi connectivity index (χ0n) is 14.7. The van der Waals surface area contributed by atoms with Crippen LogP contribution in [0.1, 0.15) is 16.8 Å². The zero-order chi connectivity index (χ0) is 19.0. The zero-order valence-corrected chi connectivity index (χ0v) is 16.4. The van der Waals surface area contributed by atoms with Gasteiger partial charge in [-0.1, -0.05) is 30.3 Å². The third kappa shape index (κ3) is 3.61. The van der Waals surface area contributed by atoms with Crippen LogP contribution < -0.4 is 5.32 Å². The number of benzene rings is 2. The Kier molecular flexibility index (Phi) is 4.74. The van der Waals surface area contributed by atoms with Gasteiger partial charge in [-0.25, -0.2) is 8.42 Å². The van der Waals surface area contributed by atoms with Crippen LogP contribution in [0.15, 0.2) is 48.5 Å². The predicted molar refractivity (Wildman–Crippen MR) is 111 cm³/mol. The number of carbonyl (C=O) groups excluding carboxylic acids is 1. The monoisotopic (exact) mass is 400 g/mol. The minimum absolute atomic E-state index is 0.116. The summed E-state index contributed by atoms with van der Waals surface area (Å²) in [5.74, 6) is 0.319. The van der Waals surface area contributed by atoms with Gasteiger partial charge in [0, 0.05) is 35.2 Å². The number of para-hydroxylation sites is 1. The van der Waals surface area contributed by atoms with Crippen LogP contribution in [0.3, 0.4) is 0 Å². The number of fused-ring (bicyclic) bond motifs is 3. The molecule has 1 amide bonds. The summed E-state index contributed by atoms with van der Waals surface area (Å²) < 4.78 is 26.5. The van der Waals surface area contributed by atoms with Crippen LogP contribution in [-0.4, -0.2) is 30.4 Å². The third-order valence-electron chi connectivity index (χ3n) is 4.93. The van der Waals surface area contributed by atoms with E-state index in [0.717, 1.165) is 33.4 Å². The maximum atomic E-state index is 12.1. The number of nitrogens with zero attached hydrogens (tertiary/aromatic N) is 1. The van der Waals surface area contributed by atoms with E-state index in [1.807, 2.05) is 48.5 Å². The molecule has 2 heterocycles. The highest BCUT2D eigenvalue weighted by Crippen LogP contribution is 2.32. The molecular formula is C20H20N2O3S2. The summed E-state index contributed by atoms with van der Waals surface area (Å²) in [5, 5.41) is 3.80. The van der Waals surface area contributed by atoms with Gasteiger partial charge >= 0.3 is 0 Å². The van der Waals surface area contributed by atoms with Crippen molar-refractivity contribution in [2.24, 2.45) is 0 Å². The molecule has 2 aromatic carbocycles. The fourth-order valence-electron chi connectivity index (χ4n) is 3.68. The number of thiol groups is 1. The van der Waals surface area contributed by atoms with Gasteiger partial charge in [0.15, 0.2) is 9.84 Å². The van der Waals surface area contributed by atoms with Gasteiger partial charge in [-0.3, -0.25) is 4.79 Å². The summed E-state index contributed by atoms with van der Waals surface area (Å²) in [5.41, 5.74) is 4.94. The molecule has 1 aliphatic heterocycles. The molecule has 0 atom stereocenters. The highest BCUT2D eigenvalue weighted by molar-refractivity contribution is 7.90. The molecule has 0 radical (unpaired) electrons. The van der Waals surface area contributed by atoms with E-state index in [1.54, 1.807) is 0 Å². The molecule has 140 valence electrons. The van der Waals surface area contributed by atoms with Crippen molar-refractivity contribution >= 4 is 45.0 Å². The number of carbonyl (C=O) groups is 1. The van der Waals surface area contributed by atoms with Crippen LogP contribution >= 0.6 is 12.6 Å². The maximum Gasteiger partial charge on any atom is 0.234 e. The molecule has 0 bridgehead atoms. The molecular weight excluding hydrogens is 380 g/mol. The van der Waals surface area contributed by atoms with Gasteiger partial charge in [0.1, 0.15) is 0 Å². The largest absolute Gasteiger partial charge is 0.340 e. The van der Waals surface area contributed by atoms with Crippen molar-refractivity contribution in [1.82, 2.24) is 4.57 Å². The number of amides is 1. The number of nitrogens with one attached hydrogen (secondary N) is 1. The molecule has 0 saturated carbocycles. The van der Waals surface area contributed by atoms with Crippen molar-refractivity contribution < 1.29 is 13.2 Å². The van der Waals surface area contributed by atoms with Crippen molar-refractivity contribution in [3.8, 4) is 0 Å². The molecule has 3 aromatic rings. The van der Waals surface area contributed by atoms with E-state index >= 15 is 0 Å². The summed E-state index contributed by atoms with van der Waals surface area (Å²) in [4.78, 5) is 11.4. The fourth-order valence-corrected chi connectivity index (χ4v) is 5.17. The first-order valence-electron chi connectivity index (χ1n) is 8.76. The molecule has 7 heteroatoms. The normalized spacial score (nSPS) is 15.4. The molecule has 1 aromatic heterocycles. The second-order valence-corrected chi connectivity index (χ2v) is 9.27. The average Bonchev–Trinajstić information content (AvgIpc) is 2.95. The molecule has 0 unspecified atom stereocenters. The van der Waals surface area contributed by atoms with Crippen LogP contribution in [0, 0.1) is 0 Å². The van der Waals surface area contributed by atoms with Crippen LogP contribution in [0.4, 0.5) is 5.69 Å². The third-order valence-corrected chi connectivity index (χ3v) is 6.77. The minimum Gasteiger partial charge on any atom is -0.340 e. The van der Waals surface area contributed by atoms with Crippen molar-refractivity contribution in [3.63, 3.8) is 0 Å². The average molecular weight is 401 g/mol. The Morgan fingerprint density at radius 1 is 1.11 bits per heavy atom. The lowest BCUT2D eigenvalue weighted by atomic mass is 10.1. The molecule has 4 rings (SSSR count). The lowest BCUT2D eigenvalue weighted by Crippen LogP contribution is -2.20. The maximum absolute atomic E-state index is 12.1. The topological polar surface area (TPSA) is 68.2 Å². The van der Waals surface area contributed by atoms with E-state index in [1.165, 1.54) is 0 Å². The van der Waals surface area contributed by atoms with Gasteiger partial charge in [0.2, 0.25) is 5.91 Å². The van der Waals surface area contributed by atoms with Gasteiger partial charge in [-0.15, -0.1) is 0 Å². The Morgan fingerprint density at radius 2 is 1.85 bits per heavy atom.